The van der Waals surface area contributed by atoms with Gasteiger partial charge < -0.3 is 10.0 Å². The number of carboxylic acid groups (broad SMARTS) is 1. The quantitative estimate of drug-likeness (QED) is 0.760. The minimum Gasteiger partial charge on any atom is -0.476 e. The lowest BCUT2D eigenvalue weighted by Gasteiger charge is -2.27. The fraction of sp³-hybridized carbons (Fsp3) is 0.364. The largest absolute Gasteiger partial charge is 0.476 e. The highest BCUT2D eigenvalue weighted by atomic mass is 16.4. The zero-order valence-electron chi connectivity index (χ0n) is 9.05. The van der Waals surface area contributed by atoms with E-state index in [2.05, 4.69) is 16.0 Å². The van der Waals surface area contributed by atoms with Crippen LogP contribution in [0, 0.1) is 0 Å². The van der Waals surface area contributed by atoms with Gasteiger partial charge in [0.2, 0.25) is 0 Å². The predicted octanol–water partition coefficient (Wildman–Crippen LogP) is 1.33. The summed E-state index contributed by atoms with van der Waals surface area (Å²) < 4.78 is 0. The van der Waals surface area contributed by atoms with Gasteiger partial charge in [-0.05, 0) is 13.3 Å². The van der Waals surface area contributed by atoms with E-state index in [1.54, 1.807) is 0 Å². The summed E-state index contributed by atoms with van der Waals surface area (Å²) in [5.74, 6) is -0.572. The Bertz CT molecular complexity index is 443. The molecule has 0 aliphatic carbocycles. The normalized spacial score (nSPS) is 15.8. The van der Waals surface area contributed by atoms with Crippen LogP contribution in [0.15, 0.2) is 24.0 Å². The average Bonchev–Trinajstić information content (AvgIpc) is 2.29. The van der Waals surface area contributed by atoms with E-state index in [0.29, 0.717) is 5.82 Å². The molecule has 1 aromatic rings. The van der Waals surface area contributed by atoms with Gasteiger partial charge in [-0.15, -0.1) is 0 Å². The summed E-state index contributed by atoms with van der Waals surface area (Å²) in [7, 11) is 0. The first-order valence-electron chi connectivity index (χ1n) is 5.13. The Kier molecular flexibility index (Phi) is 2.85. The molecule has 5 nitrogen and oxygen atoms in total. The molecule has 0 spiro atoms. The molecule has 1 N–H and O–H groups in total. The van der Waals surface area contributed by atoms with Crippen LogP contribution in [0.25, 0.3) is 0 Å². The summed E-state index contributed by atoms with van der Waals surface area (Å²) in [6.45, 7) is 3.54. The van der Waals surface area contributed by atoms with Crippen molar-refractivity contribution in [3.63, 3.8) is 0 Å². The summed E-state index contributed by atoms with van der Waals surface area (Å²) in [4.78, 5) is 20.9. The molecule has 2 rings (SSSR count). The zero-order chi connectivity index (χ0) is 11.5. The molecule has 2 heterocycles. The molecule has 0 saturated heterocycles. The topological polar surface area (TPSA) is 66.3 Å². The lowest BCUT2D eigenvalue weighted by atomic mass is 10.1. The van der Waals surface area contributed by atoms with Gasteiger partial charge in [-0.3, -0.25) is 0 Å². The Morgan fingerprint density at radius 2 is 2.19 bits per heavy atom. The van der Waals surface area contributed by atoms with Crippen molar-refractivity contribution in [1.29, 1.82) is 0 Å². The number of aromatic carboxylic acids is 1. The predicted molar refractivity (Wildman–Crippen MR) is 59.6 cm³/mol. The molecule has 0 atom stereocenters. The number of hydrogen-bond donors (Lipinski definition) is 1. The van der Waals surface area contributed by atoms with Crippen LogP contribution in [0.4, 0.5) is 5.82 Å². The second-order valence-corrected chi connectivity index (χ2v) is 3.79. The van der Waals surface area contributed by atoms with Crippen molar-refractivity contribution >= 4 is 11.8 Å². The van der Waals surface area contributed by atoms with Gasteiger partial charge in [-0.1, -0.05) is 11.6 Å². The Morgan fingerprint density at radius 1 is 1.44 bits per heavy atom. The lowest BCUT2D eigenvalue weighted by Crippen LogP contribution is -2.31. The minimum absolute atomic E-state index is 0.0252. The maximum Gasteiger partial charge on any atom is 0.358 e. The summed E-state index contributed by atoms with van der Waals surface area (Å²) in [5, 5.41) is 9.02. The number of anilines is 1. The summed E-state index contributed by atoms with van der Waals surface area (Å²) >= 11 is 0. The van der Waals surface area contributed by atoms with Crippen molar-refractivity contribution in [2.75, 3.05) is 18.0 Å². The Balaban J connectivity index is 2.33. The van der Waals surface area contributed by atoms with Crippen molar-refractivity contribution in [2.24, 2.45) is 0 Å². The maximum atomic E-state index is 11.0. The highest BCUT2D eigenvalue weighted by molar-refractivity contribution is 5.91. The van der Waals surface area contributed by atoms with Crippen LogP contribution in [0.1, 0.15) is 23.8 Å². The highest BCUT2D eigenvalue weighted by Gasteiger charge is 2.20. The van der Waals surface area contributed by atoms with Gasteiger partial charge in [0, 0.05) is 25.5 Å². The van der Waals surface area contributed by atoms with Gasteiger partial charge >= 0.3 is 5.97 Å². The number of hydrogen-bond acceptors (Lipinski definition) is 4. The molecule has 0 unspecified atom stereocenters. The molecule has 0 fully saturated rings. The van der Waals surface area contributed by atoms with Crippen LogP contribution in [0.2, 0.25) is 0 Å². The standard InChI is InChI=1S/C11H13N3O2/c1-8-3-2-6-14(7-8)10-9(11(15)16)12-4-5-13-10/h3-5H,2,6-7H2,1H3,(H,15,16). The molecular formula is C11H13N3O2. The fourth-order valence-corrected chi connectivity index (χ4v) is 1.81. The van der Waals surface area contributed by atoms with Crippen molar-refractivity contribution in [2.45, 2.75) is 13.3 Å². The van der Waals surface area contributed by atoms with Gasteiger partial charge in [-0.2, -0.15) is 0 Å². The van der Waals surface area contributed by atoms with Gasteiger partial charge in [0.1, 0.15) is 0 Å². The smallest absolute Gasteiger partial charge is 0.358 e. The number of carbonyl (C=O) groups is 1. The first-order valence-corrected chi connectivity index (χ1v) is 5.13. The SMILES string of the molecule is CC1=CCCN(c2nccnc2C(=O)O)C1. The molecule has 0 saturated carbocycles. The van der Waals surface area contributed by atoms with Gasteiger partial charge in [0.15, 0.2) is 11.5 Å². The van der Waals surface area contributed by atoms with Crippen LogP contribution < -0.4 is 4.90 Å². The van der Waals surface area contributed by atoms with Gasteiger partial charge in [0.05, 0.1) is 0 Å². The first-order chi connectivity index (χ1) is 7.68. The number of aromatic nitrogens is 2. The second-order valence-electron chi connectivity index (χ2n) is 3.79. The molecule has 0 amide bonds. The minimum atomic E-state index is -1.03. The van der Waals surface area contributed by atoms with E-state index in [1.165, 1.54) is 18.0 Å². The first kappa shape index (κ1) is 10.6. The van der Waals surface area contributed by atoms with E-state index in [9.17, 15) is 4.79 Å². The Morgan fingerprint density at radius 3 is 2.88 bits per heavy atom. The van der Waals surface area contributed by atoms with Crippen LogP contribution >= 0.6 is 0 Å². The summed E-state index contributed by atoms with van der Waals surface area (Å²) in [6.07, 6.45) is 6.00. The molecule has 0 bridgehead atoms. The van der Waals surface area contributed by atoms with Crippen LogP contribution in [-0.2, 0) is 0 Å². The van der Waals surface area contributed by atoms with Crippen molar-refractivity contribution < 1.29 is 9.90 Å². The molecule has 16 heavy (non-hydrogen) atoms. The number of nitrogens with zero attached hydrogens (tertiary/aromatic N) is 3. The zero-order valence-corrected chi connectivity index (χ0v) is 9.05. The van der Waals surface area contributed by atoms with Crippen LogP contribution in [0.5, 0.6) is 0 Å². The number of carboxylic acids is 1. The average molecular weight is 219 g/mol. The molecule has 1 aromatic heterocycles. The monoisotopic (exact) mass is 219 g/mol. The lowest BCUT2D eigenvalue weighted by molar-refractivity contribution is 0.0690. The molecule has 0 aromatic carbocycles. The second kappa shape index (κ2) is 4.30. The van der Waals surface area contributed by atoms with Gasteiger partial charge in [0.25, 0.3) is 0 Å². The molecule has 1 aliphatic rings. The van der Waals surface area contributed by atoms with Crippen molar-refractivity contribution in [3.8, 4) is 0 Å². The molecule has 84 valence electrons. The Hall–Kier alpha value is -1.91. The van der Waals surface area contributed by atoms with Gasteiger partial charge in [-0.25, -0.2) is 14.8 Å². The van der Waals surface area contributed by atoms with E-state index in [4.69, 9.17) is 5.11 Å². The van der Waals surface area contributed by atoms with E-state index in [-0.39, 0.29) is 5.69 Å². The third-order valence-corrected chi connectivity index (χ3v) is 2.51. The molecule has 5 heteroatoms. The van der Waals surface area contributed by atoms with Crippen LogP contribution in [0.3, 0.4) is 0 Å². The van der Waals surface area contributed by atoms with E-state index < -0.39 is 5.97 Å². The highest BCUT2D eigenvalue weighted by Crippen LogP contribution is 2.19. The van der Waals surface area contributed by atoms with E-state index >= 15 is 0 Å². The molecule has 0 radical (unpaired) electrons. The van der Waals surface area contributed by atoms with Crippen molar-refractivity contribution in [3.05, 3.63) is 29.7 Å². The summed E-state index contributed by atoms with van der Waals surface area (Å²) in [6, 6.07) is 0. The summed E-state index contributed by atoms with van der Waals surface area (Å²) in [5.41, 5.74) is 1.26. The number of rotatable bonds is 2. The fourth-order valence-electron chi connectivity index (χ4n) is 1.81. The van der Waals surface area contributed by atoms with E-state index in [0.717, 1.165) is 19.5 Å². The van der Waals surface area contributed by atoms with E-state index in [1.807, 2.05) is 11.8 Å². The Labute approximate surface area is 93.4 Å². The maximum absolute atomic E-state index is 11.0. The third kappa shape index (κ3) is 2.03. The molecular weight excluding hydrogens is 206 g/mol. The van der Waals surface area contributed by atoms with Crippen molar-refractivity contribution in [1.82, 2.24) is 9.97 Å². The molecule has 1 aliphatic heterocycles. The van der Waals surface area contributed by atoms with Crippen LogP contribution in [-0.4, -0.2) is 34.1 Å². The third-order valence-electron chi connectivity index (χ3n) is 2.51.